The highest BCUT2D eigenvalue weighted by Crippen LogP contribution is 2.47. The molecule has 3 nitrogen and oxygen atoms in total. The van der Waals surface area contributed by atoms with E-state index in [-0.39, 0.29) is 16.9 Å². The fourth-order valence-electron chi connectivity index (χ4n) is 2.22. The number of rotatable bonds is 3. The Bertz CT molecular complexity index is 453. The topological polar surface area (TPSA) is 57.5 Å². The van der Waals surface area contributed by atoms with Crippen molar-refractivity contribution in [2.24, 2.45) is 0 Å². The smallest absolute Gasteiger partial charge is 0.314 e. The fourth-order valence-corrected chi connectivity index (χ4v) is 2.22. The predicted molar refractivity (Wildman–Crippen MR) is 56.2 cm³/mol. The number of carboxylic acid groups (broad SMARTS) is 1. The van der Waals surface area contributed by atoms with Crippen molar-refractivity contribution in [2.75, 3.05) is 0 Å². The van der Waals surface area contributed by atoms with Gasteiger partial charge in [-0.3, -0.25) is 4.79 Å². The van der Waals surface area contributed by atoms with Crippen molar-refractivity contribution in [2.45, 2.75) is 31.1 Å². The van der Waals surface area contributed by atoms with Crippen LogP contribution in [0.4, 0.5) is 8.78 Å². The van der Waals surface area contributed by atoms with E-state index in [9.17, 15) is 23.8 Å². The summed E-state index contributed by atoms with van der Waals surface area (Å²) < 4.78 is 24.8. The van der Waals surface area contributed by atoms with E-state index < -0.39 is 17.8 Å². The molecule has 2 N–H and O–H groups in total. The Hall–Kier alpha value is -1.65. The maximum atomic E-state index is 12.4. The van der Waals surface area contributed by atoms with Crippen molar-refractivity contribution in [3.05, 3.63) is 29.3 Å². The Kier molecular flexibility index (Phi) is 2.77. The van der Waals surface area contributed by atoms with Crippen molar-refractivity contribution in [3.8, 4) is 5.75 Å². The van der Waals surface area contributed by atoms with E-state index in [1.54, 1.807) is 0 Å². The number of hydrogen-bond donors (Lipinski definition) is 2. The molecule has 0 atom stereocenters. The molecule has 0 aliphatic heterocycles. The van der Waals surface area contributed by atoms with Gasteiger partial charge in [-0.05, 0) is 18.9 Å². The molecule has 1 aliphatic rings. The van der Waals surface area contributed by atoms with Gasteiger partial charge in [0.2, 0.25) is 0 Å². The zero-order valence-corrected chi connectivity index (χ0v) is 8.99. The van der Waals surface area contributed by atoms with Crippen LogP contribution in [0.3, 0.4) is 0 Å². The molecule has 1 fully saturated rings. The van der Waals surface area contributed by atoms with Gasteiger partial charge in [0.05, 0.1) is 5.41 Å². The van der Waals surface area contributed by atoms with E-state index in [4.69, 9.17) is 0 Å². The summed E-state index contributed by atoms with van der Waals surface area (Å²) in [6, 6.07) is 3.41. The number of phenolic OH excluding ortho intramolecular Hbond substituents is 1. The molecule has 0 amide bonds. The van der Waals surface area contributed by atoms with Gasteiger partial charge in [0, 0.05) is 11.1 Å². The van der Waals surface area contributed by atoms with E-state index in [1.807, 2.05) is 0 Å². The number of phenols is 1. The summed E-state index contributed by atoms with van der Waals surface area (Å²) in [5.74, 6) is -1.37. The summed E-state index contributed by atoms with van der Waals surface area (Å²) in [6.07, 6.45) is -1.03. The van der Waals surface area contributed by atoms with Crippen LogP contribution in [0.15, 0.2) is 18.2 Å². The van der Waals surface area contributed by atoms with Crippen LogP contribution >= 0.6 is 0 Å². The zero-order chi connectivity index (χ0) is 12.6. The number of alkyl halides is 2. The molecule has 5 heteroatoms. The van der Waals surface area contributed by atoms with Gasteiger partial charge in [-0.2, -0.15) is 0 Å². The monoisotopic (exact) mass is 242 g/mol. The zero-order valence-electron chi connectivity index (χ0n) is 8.99. The first-order chi connectivity index (χ1) is 7.97. The van der Waals surface area contributed by atoms with Crippen molar-refractivity contribution in [3.63, 3.8) is 0 Å². The molecule has 17 heavy (non-hydrogen) atoms. The largest absolute Gasteiger partial charge is 0.508 e. The van der Waals surface area contributed by atoms with E-state index >= 15 is 0 Å². The minimum absolute atomic E-state index is 0.237. The highest BCUT2D eigenvalue weighted by atomic mass is 19.3. The van der Waals surface area contributed by atoms with Crippen LogP contribution in [0.1, 0.15) is 36.8 Å². The number of aromatic hydroxyl groups is 1. The Balaban J connectivity index is 2.43. The molecule has 0 unspecified atom stereocenters. The number of aliphatic carboxylic acids is 1. The SMILES string of the molecule is O=C(O)C1(c2ccc(C(F)F)cc2O)CCC1. The summed E-state index contributed by atoms with van der Waals surface area (Å²) in [5.41, 5.74) is -1.16. The van der Waals surface area contributed by atoms with Gasteiger partial charge in [0.15, 0.2) is 0 Å². The number of carboxylic acids is 1. The normalized spacial score (nSPS) is 17.8. The van der Waals surface area contributed by atoms with Gasteiger partial charge < -0.3 is 10.2 Å². The minimum atomic E-state index is -2.67. The predicted octanol–water partition coefficient (Wildman–Crippen LogP) is 2.84. The third-order valence-electron chi connectivity index (χ3n) is 3.41. The average Bonchev–Trinajstić information content (AvgIpc) is 2.17. The minimum Gasteiger partial charge on any atom is -0.508 e. The standard InChI is InChI=1S/C12H12F2O3/c13-10(14)7-2-3-8(9(15)6-7)12(11(16)17)4-1-5-12/h2-3,6,10,15H,1,4-5H2,(H,16,17). The quantitative estimate of drug-likeness (QED) is 0.856. The summed E-state index contributed by atoms with van der Waals surface area (Å²) in [6.45, 7) is 0. The molecule has 1 aromatic carbocycles. The molecule has 0 spiro atoms. The van der Waals surface area contributed by atoms with Crippen LogP contribution in [-0.2, 0) is 10.2 Å². The molecule has 92 valence electrons. The summed E-state index contributed by atoms with van der Waals surface area (Å²) in [4.78, 5) is 11.2. The van der Waals surface area contributed by atoms with Crippen LogP contribution in [0.2, 0.25) is 0 Å². The second kappa shape index (κ2) is 3.98. The summed E-state index contributed by atoms with van der Waals surface area (Å²) in [5, 5.41) is 18.9. The van der Waals surface area contributed by atoms with Crippen LogP contribution in [-0.4, -0.2) is 16.2 Å². The maximum absolute atomic E-state index is 12.4. The fraction of sp³-hybridized carbons (Fsp3) is 0.417. The molecular weight excluding hydrogens is 230 g/mol. The third kappa shape index (κ3) is 1.75. The molecule has 2 rings (SSSR count). The van der Waals surface area contributed by atoms with Gasteiger partial charge in [-0.25, -0.2) is 8.78 Å². The second-order valence-electron chi connectivity index (χ2n) is 4.32. The molecule has 1 saturated carbocycles. The number of halogens is 2. The van der Waals surface area contributed by atoms with Gasteiger partial charge >= 0.3 is 5.97 Å². The first-order valence-electron chi connectivity index (χ1n) is 5.32. The molecule has 0 heterocycles. The Labute approximate surface area is 96.7 Å². The van der Waals surface area contributed by atoms with Crippen LogP contribution in [0.25, 0.3) is 0 Å². The van der Waals surface area contributed by atoms with Crippen molar-refractivity contribution in [1.82, 2.24) is 0 Å². The molecular formula is C12H12F2O3. The Morgan fingerprint density at radius 3 is 2.35 bits per heavy atom. The van der Waals surface area contributed by atoms with Crippen molar-refractivity contribution in [1.29, 1.82) is 0 Å². The molecule has 1 aliphatic carbocycles. The number of carbonyl (C=O) groups is 1. The van der Waals surface area contributed by atoms with Gasteiger partial charge in [-0.1, -0.05) is 18.6 Å². The lowest BCUT2D eigenvalue weighted by Gasteiger charge is -2.38. The van der Waals surface area contributed by atoms with E-state index in [2.05, 4.69) is 0 Å². The van der Waals surface area contributed by atoms with E-state index in [0.29, 0.717) is 12.8 Å². The molecule has 1 aromatic rings. The number of hydrogen-bond acceptors (Lipinski definition) is 2. The van der Waals surface area contributed by atoms with Crippen molar-refractivity contribution >= 4 is 5.97 Å². The first kappa shape index (κ1) is 11.8. The molecule has 0 saturated heterocycles. The lowest BCUT2D eigenvalue weighted by molar-refractivity contribution is -0.147. The second-order valence-corrected chi connectivity index (χ2v) is 4.32. The van der Waals surface area contributed by atoms with Crippen LogP contribution < -0.4 is 0 Å². The molecule has 0 bridgehead atoms. The lowest BCUT2D eigenvalue weighted by atomic mass is 9.64. The lowest BCUT2D eigenvalue weighted by Crippen LogP contribution is -2.42. The summed E-state index contributed by atoms with van der Waals surface area (Å²) >= 11 is 0. The maximum Gasteiger partial charge on any atom is 0.314 e. The average molecular weight is 242 g/mol. The Morgan fingerprint density at radius 1 is 1.35 bits per heavy atom. The Morgan fingerprint density at radius 2 is 2.00 bits per heavy atom. The van der Waals surface area contributed by atoms with E-state index in [1.165, 1.54) is 12.1 Å². The highest BCUT2D eigenvalue weighted by molar-refractivity contribution is 5.83. The first-order valence-corrected chi connectivity index (χ1v) is 5.32. The third-order valence-corrected chi connectivity index (χ3v) is 3.41. The van der Waals surface area contributed by atoms with Gasteiger partial charge in [0.1, 0.15) is 5.75 Å². The van der Waals surface area contributed by atoms with Crippen molar-refractivity contribution < 1.29 is 23.8 Å². The summed E-state index contributed by atoms with van der Waals surface area (Å²) in [7, 11) is 0. The highest BCUT2D eigenvalue weighted by Gasteiger charge is 2.47. The van der Waals surface area contributed by atoms with Crippen LogP contribution in [0, 0.1) is 0 Å². The van der Waals surface area contributed by atoms with Gasteiger partial charge in [-0.15, -0.1) is 0 Å². The van der Waals surface area contributed by atoms with E-state index in [0.717, 1.165) is 12.5 Å². The van der Waals surface area contributed by atoms with Gasteiger partial charge in [0.25, 0.3) is 6.43 Å². The van der Waals surface area contributed by atoms with Crippen LogP contribution in [0.5, 0.6) is 5.75 Å². The number of benzene rings is 1. The molecule has 0 radical (unpaired) electrons. The molecule has 0 aromatic heterocycles.